The van der Waals surface area contributed by atoms with Crippen molar-refractivity contribution in [3.05, 3.63) is 59.2 Å². The van der Waals surface area contributed by atoms with E-state index < -0.39 is 0 Å². The highest BCUT2D eigenvalue weighted by Gasteiger charge is 2.35. The molecule has 0 bridgehead atoms. The van der Waals surface area contributed by atoms with Gasteiger partial charge in [0.2, 0.25) is 5.95 Å². The van der Waals surface area contributed by atoms with Crippen LogP contribution in [0.4, 0.5) is 5.95 Å². The number of aromatic nitrogens is 2. The van der Waals surface area contributed by atoms with Crippen LogP contribution in [0.25, 0.3) is 11.0 Å². The van der Waals surface area contributed by atoms with Crippen molar-refractivity contribution in [3.8, 4) is 0 Å². The van der Waals surface area contributed by atoms with E-state index in [9.17, 15) is 14.4 Å². The molecule has 0 saturated heterocycles. The summed E-state index contributed by atoms with van der Waals surface area (Å²) in [6, 6.07) is 12.3. The number of para-hydroxylation sites is 2. The second-order valence-electron chi connectivity index (χ2n) is 7.96. The summed E-state index contributed by atoms with van der Waals surface area (Å²) in [7, 11) is 0. The SMILES string of the molecule is CCCCN1C(=O)c2ccc(C(=O)Nc3nc4ccccc4n3CCCOCC)cc2C1=O. The second-order valence-corrected chi connectivity index (χ2v) is 7.96. The Kier molecular flexibility index (Phi) is 6.84. The third-order valence-electron chi connectivity index (χ3n) is 5.72. The molecule has 1 aliphatic heterocycles. The predicted octanol–water partition coefficient (Wildman–Crippen LogP) is 4.11. The van der Waals surface area contributed by atoms with Crippen molar-refractivity contribution >= 4 is 34.7 Å². The number of imidazole rings is 1. The monoisotopic (exact) mass is 448 g/mol. The molecule has 0 saturated carbocycles. The minimum absolute atomic E-state index is 0.272. The van der Waals surface area contributed by atoms with Gasteiger partial charge in [-0.2, -0.15) is 0 Å². The van der Waals surface area contributed by atoms with E-state index in [1.165, 1.54) is 11.0 Å². The summed E-state index contributed by atoms with van der Waals surface area (Å²) in [6.45, 7) is 6.26. The molecule has 0 fully saturated rings. The van der Waals surface area contributed by atoms with Crippen molar-refractivity contribution < 1.29 is 19.1 Å². The fourth-order valence-electron chi connectivity index (χ4n) is 3.99. The number of aryl methyl sites for hydroxylation is 1. The van der Waals surface area contributed by atoms with E-state index in [4.69, 9.17) is 4.74 Å². The molecule has 2 heterocycles. The molecule has 3 aromatic rings. The fraction of sp³-hybridized carbons (Fsp3) is 0.360. The molecule has 1 aliphatic rings. The number of ether oxygens (including phenoxy) is 1. The smallest absolute Gasteiger partial charge is 0.261 e. The van der Waals surface area contributed by atoms with Crippen LogP contribution in [-0.4, -0.2) is 51.9 Å². The molecule has 0 atom stereocenters. The third kappa shape index (κ3) is 4.52. The van der Waals surface area contributed by atoms with Gasteiger partial charge in [-0.3, -0.25) is 24.6 Å². The number of imide groups is 1. The number of carbonyl (C=O) groups excluding carboxylic acids is 3. The Morgan fingerprint density at radius 3 is 2.58 bits per heavy atom. The zero-order valence-corrected chi connectivity index (χ0v) is 19.0. The zero-order valence-electron chi connectivity index (χ0n) is 19.0. The lowest BCUT2D eigenvalue weighted by Gasteiger charge is -2.12. The molecule has 172 valence electrons. The molecule has 3 amide bonds. The maximum absolute atomic E-state index is 13.1. The molecule has 1 aromatic heterocycles. The molecular weight excluding hydrogens is 420 g/mol. The number of hydrogen-bond acceptors (Lipinski definition) is 5. The maximum Gasteiger partial charge on any atom is 0.261 e. The average molecular weight is 449 g/mol. The normalized spacial score (nSPS) is 13.1. The fourth-order valence-corrected chi connectivity index (χ4v) is 3.99. The van der Waals surface area contributed by atoms with Crippen LogP contribution in [0.1, 0.15) is 64.2 Å². The summed E-state index contributed by atoms with van der Waals surface area (Å²) in [5.74, 6) is -0.593. The summed E-state index contributed by atoms with van der Waals surface area (Å²) < 4.78 is 7.40. The van der Waals surface area contributed by atoms with E-state index in [0.717, 1.165) is 30.3 Å². The summed E-state index contributed by atoms with van der Waals surface area (Å²) in [4.78, 5) is 44.2. The van der Waals surface area contributed by atoms with Crippen LogP contribution in [0.2, 0.25) is 0 Å². The van der Waals surface area contributed by atoms with Crippen molar-refractivity contribution in [2.45, 2.75) is 39.7 Å². The van der Waals surface area contributed by atoms with Crippen molar-refractivity contribution in [3.63, 3.8) is 0 Å². The minimum Gasteiger partial charge on any atom is -0.382 e. The molecular formula is C25H28N4O4. The van der Waals surface area contributed by atoms with Crippen molar-refractivity contribution in [2.75, 3.05) is 25.1 Å². The quantitative estimate of drug-likeness (QED) is 0.372. The number of nitrogens with one attached hydrogen (secondary N) is 1. The van der Waals surface area contributed by atoms with Gasteiger partial charge in [0.15, 0.2) is 0 Å². The van der Waals surface area contributed by atoms with Gasteiger partial charge in [-0.15, -0.1) is 0 Å². The average Bonchev–Trinajstić information content (AvgIpc) is 3.29. The molecule has 2 aromatic carbocycles. The van der Waals surface area contributed by atoms with Gasteiger partial charge >= 0.3 is 0 Å². The Hall–Kier alpha value is -3.52. The summed E-state index contributed by atoms with van der Waals surface area (Å²) in [5.41, 5.74) is 2.63. The number of fused-ring (bicyclic) bond motifs is 2. The summed E-state index contributed by atoms with van der Waals surface area (Å²) >= 11 is 0. The van der Waals surface area contributed by atoms with Gasteiger partial charge < -0.3 is 9.30 Å². The highest BCUT2D eigenvalue weighted by atomic mass is 16.5. The lowest BCUT2D eigenvalue weighted by Crippen LogP contribution is -2.30. The number of anilines is 1. The molecule has 33 heavy (non-hydrogen) atoms. The maximum atomic E-state index is 13.1. The molecule has 8 nitrogen and oxygen atoms in total. The molecule has 4 rings (SSSR count). The Labute approximate surface area is 192 Å². The first-order valence-corrected chi connectivity index (χ1v) is 11.4. The highest BCUT2D eigenvalue weighted by Crippen LogP contribution is 2.25. The largest absolute Gasteiger partial charge is 0.382 e. The molecule has 0 unspecified atom stereocenters. The van der Waals surface area contributed by atoms with Gasteiger partial charge in [0.05, 0.1) is 22.2 Å². The van der Waals surface area contributed by atoms with E-state index in [1.807, 2.05) is 42.7 Å². The summed E-state index contributed by atoms with van der Waals surface area (Å²) in [5, 5.41) is 2.88. The number of nitrogens with zero attached hydrogens (tertiary/aromatic N) is 3. The van der Waals surface area contributed by atoms with Crippen LogP contribution < -0.4 is 5.32 Å². The van der Waals surface area contributed by atoms with Crippen molar-refractivity contribution in [1.82, 2.24) is 14.5 Å². The first kappa shape index (κ1) is 22.7. The second kappa shape index (κ2) is 9.95. The number of unbranched alkanes of at least 4 members (excludes halogenated alkanes) is 1. The lowest BCUT2D eigenvalue weighted by molar-refractivity contribution is 0.0652. The van der Waals surface area contributed by atoms with Gasteiger partial charge in [-0.05, 0) is 50.1 Å². The number of carbonyl (C=O) groups is 3. The van der Waals surface area contributed by atoms with Gasteiger partial charge in [-0.25, -0.2) is 4.98 Å². The number of amides is 3. The van der Waals surface area contributed by atoms with Crippen LogP contribution >= 0.6 is 0 Å². The van der Waals surface area contributed by atoms with Gasteiger partial charge in [-0.1, -0.05) is 25.5 Å². The van der Waals surface area contributed by atoms with Crippen molar-refractivity contribution in [2.24, 2.45) is 0 Å². The predicted molar refractivity (Wildman–Crippen MR) is 126 cm³/mol. The summed E-state index contributed by atoms with van der Waals surface area (Å²) in [6.07, 6.45) is 2.41. The Morgan fingerprint density at radius 1 is 1.00 bits per heavy atom. The van der Waals surface area contributed by atoms with Gasteiger partial charge in [0, 0.05) is 31.9 Å². The molecule has 0 spiro atoms. The third-order valence-corrected chi connectivity index (χ3v) is 5.72. The van der Waals surface area contributed by atoms with Crippen LogP contribution in [-0.2, 0) is 11.3 Å². The van der Waals surface area contributed by atoms with E-state index in [1.54, 1.807) is 12.1 Å². The Balaban J connectivity index is 1.57. The van der Waals surface area contributed by atoms with E-state index in [-0.39, 0.29) is 23.3 Å². The molecule has 1 N–H and O–H groups in total. The first-order valence-electron chi connectivity index (χ1n) is 11.4. The minimum atomic E-state index is -0.383. The first-order chi connectivity index (χ1) is 16.0. The van der Waals surface area contributed by atoms with Crippen molar-refractivity contribution in [1.29, 1.82) is 0 Å². The van der Waals surface area contributed by atoms with Crippen LogP contribution in [0, 0.1) is 0 Å². The molecule has 8 heteroatoms. The van der Waals surface area contributed by atoms with E-state index in [0.29, 0.717) is 43.4 Å². The van der Waals surface area contributed by atoms with Gasteiger partial charge in [0.1, 0.15) is 0 Å². The standard InChI is InChI=1S/C25H28N4O4/c1-3-5-13-29-23(31)18-12-11-17(16-19(18)24(29)32)22(30)27-25-26-20-9-6-7-10-21(20)28(25)14-8-15-33-4-2/h6-7,9-12,16H,3-5,8,13-15H2,1-2H3,(H,26,27,30). The van der Waals surface area contributed by atoms with Crippen LogP contribution in [0.15, 0.2) is 42.5 Å². The number of rotatable bonds is 10. The molecule has 0 radical (unpaired) electrons. The highest BCUT2D eigenvalue weighted by molar-refractivity contribution is 6.22. The van der Waals surface area contributed by atoms with Gasteiger partial charge in [0.25, 0.3) is 17.7 Å². The lowest BCUT2D eigenvalue weighted by atomic mass is 10.1. The van der Waals surface area contributed by atoms with E-state index in [2.05, 4.69) is 10.3 Å². The zero-order chi connectivity index (χ0) is 23.4. The number of hydrogen-bond donors (Lipinski definition) is 1. The van der Waals surface area contributed by atoms with Crippen LogP contribution in [0.3, 0.4) is 0 Å². The number of benzene rings is 2. The Bertz CT molecular complexity index is 1200. The Morgan fingerprint density at radius 2 is 1.79 bits per heavy atom. The van der Waals surface area contributed by atoms with E-state index >= 15 is 0 Å². The topological polar surface area (TPSA) is 93.5 Å². The molecule has 0 aliphatic carbocycles. The van der Waals surface area contributed by atoms with Crippen LogP contribution in [0.5, 0.6) is 0 Å².